The molecule has 2 aliphatic rings. The van der Waals surface area contributed by atoms with Crippen LogP contribution < -0.4 is 5.32 Å². The van der Waals surface area contributed by atoms with E-state index in [0.29, 0.717) is 35.4 Å². The van der Waals surface area contributed by atoms with Crippen LogP contribution in [0.4, 0.5) is 0 Å². The molecule has 2 N–H and O–H groups in total. The number of sulfonamides is 1. The minimum Gasteiger partial charge on any atom is -0.314 e. The fourth-order valence-corrected chi connectivity index (χ4v) is 4.64. The van der Waals surface area contributed by atoms with Gasteiger partial charge in [-0.3, -0.25) is 10.00 Å². The van der Waals surface area contributed by atoms with Gasteiger partial charge in [0.05, 0.1) is 11.4 Å². The minimum atomic E-state index is -3.42. The molecule has 0 aliphatic carbocycles. The molecule has 3 rings (SSSR count). The fourth-order valence-electron chi connectivity index (χ4n) is 2.89. The van der Waals surface area contributed by atoms with Crippen LogP contribution in [0.2, 0.25) is 0 Å². The first-order chi connectivity index (χ1) is 9.50. The molecule has 7 nitrogen and oxygen atoms in total. The van der Waals surface area contributed by atoms with Crippen molar-refractivity contribution in [2.75, 3.05) is 39.3 Å². The highest BCUT2D eigenvalue weighted by Crippen LogP contribution is 2.23. The van der Waals surface area contributed by atoms with Gasteiger partial charge < -0.3 is 5.32 Å². The number of aromatic amines is 1. The van der Waals surface area contributed by atoms with E-state index in [1.54, 1.807) is 18.2 Å². The van der Waals surface area contributed by atoms with Gasteiger partial charge in [-0.25, -0.2) is 8.42 Å². The zero-order valence-electron chi connectivity index (χ0n) is 11.9. The Morgan fingerprint density at radius 1 is 1.15 bits per heavy atom. The summed E-state index contributed by atoms with van der Waals surface area (Å²) in [4.78, 5) is 2.72. The SMILES string of the molecule is Cc1n[nH]c(C)c1S(=O)(=O)N1CCN(C2CNC2)CC1. The van der Waals surface area contributed by atoms with Gasteiger partial charge in [-0.15, -0.1) is 0 Å². The van der Waals surface area contributed by atoms with E-state index in [0.717, 1.165) is 26.2 Å². The molecule has 0 bridgehead atoms. The highest BCUT2D eigenvalue weighted by molar-refractivity contribution is 7.89. The Hall–Kier alpha value is -0.960. The largest absolute Gasteiger partial charge is 0.314 e. The standard InChI is InChI=1S/C12H21N5O2S/c1-9-12(10(2)15-14-9)20(18,19)17-5-3-16(4-6-17)11-7-13-8-11/h11,13H,3-8H2,1-2H3,(H,14,15). The maximum absolute atomic E-state index is 12.7. The third-order valence-corrected chi connectivity index (χ3v) is 6.37. The summed E-state index contributed by atoms with van der Waals surface area (Å²) in [6.07, 6.45) is 0. The van der Waals surface area contributed by atoms with E-state index in [1.165, 1.54) is 0 Å². The van der Waals surface area contributed by atoms with Crippen molar-refractivity contribution < 1.29 is 8.42 Å². The third-order valence-electron chi connectivity index (χ3n) is 4.21. The number of aryl methyl sites for hydroxylation is 2. The predicted molar refractivity (Wildman–Crippen MR) is 75.1 cm³/mol. The second kappa shape index (κ2) is 5.10. The van der Waals surface area contributed by atoms with Crippen LogP contribution in [0.15, 0.2) is 4.90 Å². The summed E-state index contributed by atoms with van der Waals surface area (Å²) in [5.74, 6) is 0. The second-order valence-corrected chi connectivity index (χ2v) is 7.39. The van der Waals surface area contributed by atoms with Gasteiger partial charge in [0.1, 0.15) is 4.90 Å². The normalized spacial score (nSPS) is 22.9. The van der Waals surface area contributed by atoms with Gasteiger partial charge in [0.25, 0.3) is 0 Å². The van der Waals surface area contributed by atoms with Gasteiger partial charge in [-0.1, -0.05) is 0 Å². The van der Waals surface area contributed by atoms with Crippen molar-refractivity contribution in [1.29, 1.82) is 0 Å². The van der Waals surface area contributed by atoms with Crippen LogP contribution >= 0.6 is 0 Å². The zero-order chi connectivity index (χ0) is 14.3. The quantitative estimate of drug-likeness (QED) is 0.772. The first-order valence-corrected chi connectivity index (χ1v) is 8.40. The molecule has 0 aromatic carbocycles. The van der Waals surface area contributed by atoms with E-state index < -0.39 is 10.0 Å². The summed E-state index contributed by atoms with van der Waals surface area (Å²) in [5, 5.41) is 10.00. The number of rotatable bonds is 3. The summed E-state index contributed by atoms with van der Waals surface area (Å²) >= 11 is 0. The number of hydrogen-bond donors (Lipinski definition) is 2. The predicted octanol–water partition coefficient (Wildman–Crippen LogP) is -0.695. The number of H-pyrrole nitrogens is 1. The summed E-state index contributed by atoms with van der Waals surface area (Å²) in [6, 6.07) is 0.581. The zero-order valence-corrected chi connectivity index (χ0v) is 12.7. The maximum atomic E-state index is 12.7. The Bertz CT molecular complexity index is 565. The molecule has 2 saturated heterocycles. The van der Waals surface area contributed by atoms with Crippen LogP contribution in [0.5, 0.6) is 0 Å². The van der Waals surface area contributed by atoms with E-state index in [-0.39, 0.29) is 0 Å². The van der Waals surface area contributed by atoms with Crippen molar-refractivity contribution >= 4 is 10.0 Å². The van der Waals surface area contributed by atoms with E-state index >= 15 is 0 Å². The molecule has 0 amide bonds. The molecule has 0 unspecified atom stereocenters. The molecular formula is C12H21N5O2S. The van der Waals surface area contributed by atoms with Gasteiger partial charge in [0.2, 0.25) is 10.0 Å². The van der Waals surface area contributed by atoms with Crippen molar-refractivity contribution in [2.45, 2.75) is 24.8 Å². The molecule has 0 radical (unpaired) electrons. The molecule has 0 spiro atoms. The first-order valence-electron chi connectivity index (χ1n) is 6.96. The third kappa shape index (κ3) is 2.26. The molecule has 3 heterocycles. The number of nitrogens with zero attached hydrogens (tertiary/aromatic N) is 3. The lowest BCUT2D eigenvalue weighted by atomic mass is 10.1. The molecule has 2 fully saturated rings. The Labute approximate surface area is 119 Å². The Kier molecular flexibility index (Phi) is 3.57. The molecule has 20 heavy (non-hydrogen) atoms. The number of aromatic nitrogens is 2. The first kappa shape index (κ1) is 14.0. The highest BCUT2D eigenvalue weighted by Gasteiger charge is 2.34. The second-order valence-electron chi connectivity index (χ2n) is 5.52. The van der Waals surface area contributed by atoms with E-state index in [2.05, 4.69) is 20.4 Å². The van der Waals surface area contributed by atoms with Gasteiger partial charge in [-0.05, 0) is 13.8 Å². The number of piperazine rings is 1. The minimum absolute atomic E-state index is 0.344. The maximum Gasteiger partial charge on any atom is 0.246 e. The highest BCUT2D eigenvalue weighted by atomic mass is 32.2. The van der Waals surface area contributed by atoms with E-state index in [9.17, 15) is 8.42 Å². The van der Waals surface area contributed by atoms with E-state index in [4.69, 9.17) is 0 Å². The van der Waals surface area contributed by atoms with Crippen LogP contribution in [0, 0.1) is 13.8 Å². The molecule has 0 atom stereocenters. The van der Waals surface area contributed by atoms with Crippen LogP contribution in [-0.4, -0.2) is 73.1 Å². The molecule has 1 aromatic rings. The van der Waals surface area contributed by atoms with Crippen LogP contribution in [0.3, 0.4) is 0 Å². The van der Waals surface area contributed by atoms with Crippen LogP contribution in [0.1, 0.15) is 11.4 Å². The summed E-state index contributed by atoms with van der Waals surface area (Å²) < 4.78 is 27.0. The van der Waals surface area contributed by atoms with Crippen molar-refractivity contribution in [3.63, 3.8) is 0 Å². The topological polar surface area (TPSA) is 81.3 Å². The van der Waals surface area contributed by atoms with Crippen molar-refractivity contribution in [2.24, 2.45) is 0 Å². The van der Waals surface area contributed by atoms with Gasteiger partial charge in [0.15, 0.2) is 0 Å². The molecule has 2 aliphatic heterocycles. The summed E-state index contributed by atoms with van der Waals surface area (Å²) in [7, 11) is -3.42. The Balaban J connectivity index is 1.73. The lowest BCUT2D eigenvalue weighted by molar-refractivity contribution is 0.103. The van der Waals surface area contributed by atoms with Crippen molar-refractivity contribution in [3.05, 3.63) is 11.4 Å². The summed E-state index contributed by atoms with van der Waals surface area (Å²) in [5.41, 5.74) is 1.17. The molecule has 0 saturated carbocycles. The average molecular weight is 299 g/mol. The lowest BCUT2D eigenvalue weighted by Gasteiger charge is -2.42. The lowest BCUT2D eigenvalue weighted by Crippen LogP contribution is -2.62. The molecular weight excluding hydrogens is 278 g/mol. The van der Waals surface area contributed by atoms with Gasteiger partial charge >= 0.3 is 0 Å². The molecule has 8 heteroatoms. The number of hydrogen-bond acceptors (Lipinski definition) is 5. The Morgan fingerprint density at radius 2 is 1.80 bits per heavy atom. The van der Waals surface area contributed by atoms with Crippen LogP contribution in [-0.2, 0) is 10.0 Å². The number of nitrogens with one attached hydrogen (secondary N) is 2. The average Bonchev–Trinajstić information content (AvgIpc) is 2.68. The monoisotopic (exact) mass is 299 g/mol. The molecule has 1 aromatic heterocycles. The van der Waals surface area contributed by atoms with E-state index in [1.807, 2.05) is 0 Å². The van der Waals surface area contributed by atoms with Crippen LogP contribution in [0.25, 0.3) is 0 Å². The van der Waals surface area contributed by atoms with Crippen molar-refractivity contribution in [3.8, 4) is 0 Å². The van der Waals surface area contributed by atoms with Gasteiger partial charge in [-0.2, -0.15) is 9.40 Å². The Morgan fingerprint density at radius 3 is 2.25 bits per heavy atom. The fraction of sp³-hybridized carbons (Fsp3) is 0.750. The van der Waals surface area contributed by atoms with Crippen molar-refractivity contribution in [1.82, 2.24) is 24.7 Å². The summed E-state index contributed by atoms with van der Waals surface area (Å²) in [6.45, 7) is 8.25. The molecule has 112 valence electrons. The van der Waals surface area contributed by atoms with Gasteiger partial charge in [0, 0.05) is 45.3 Å². The smallest absolute Gasteiger partial charge is 0.246 e.